The van der Waals surface area contributed by atoms with Crippen LogP contribution in [0.25, 0.3) is 0 Å². The van der Waals surface area contributed by atoms with Crippen molar-refractivity contribution in [1.82, 2.24) is 13.6 Å². The summed E-state index contributed by atoms with van der Waals surface area (Å²) < 4.78 is 13.1. The second-order valence-corrected chi connectivity index (χ2v) is 6.37. The van der Waals surface area contributed by atoms with E-state index in [0.29, 0.717) is 43.9 Å². The summed E-state index contributed by atoms with van der Waals surface area (Å²) in [5.41, 5.74) is 0.296. The van der Waals surface area contributed by atoms with E-state index in [2.05, 4.69) is 8.75 Å². The lowest BCUT2D eigenvalue weighted by Gasteiger charge is -2.45. The van der Waals surface area contributed by atoms with Crippen LogP contribution in [0, 0.1) is 12.3 Å². The van der Waals surface area contributed by atoms with Gasteiger partial charge in [0.15, 0.2) is 5.69 Å². The van der Waals surface area contributed by atoms with Crippen molar-refractivity contribution in [2.45, 2.75) is 32.3 Å². The highest BCUT2D eigenvalue weighted by Crippen LogP contribution is 2.35. The van der Waals surface area contributed by atoms with Crippen molar-refractivity contribution in [3.8, 4) is 0 Å². The summed E-state index contributed by atoms with van der Waals surface area (Å²) in [7, 11) is 1.62. The first-order valence-corrected chi connectivity index (χ1v) is 8.13. The third kappa shape index (κ3) is 3.45. The third-order valence-electron chi connectivity index (χ3n) is 4.37. The molecule has 1 fully saturated rings. The number of carbonyl (C=O) groups excluding carboxylic acids is 1. The molecule has 0 saturated carbocycles. The number of likely N-dealkylation sites (tertiary alicyclic amines) is 1. The number of ether oxygens (including phenoxy) is 1. The maximum atomic E-state index is 12.6. The van der Waals surface area contributed by atoms with Gasteiger partial charge >= 0.3 is 0 Å². The lowest BCUT2D eigenvalue weighted by molar-refractivity contribution is -0.0745. The maximum absolute atomic E-state index is 12.6. The molecule has 0 radical (unpaired) electrons. The molecule has 7 nitrogen and oxygen atoms in total. The van der Waals surface area contributed by atoms with Gasteiger partial charge in [0.05, 0.1) is 30.1 Å². The molecule has 1 aromatic rings. The normalized spacial score (nSPS) is 25.5. The molecular formula is C14H23N3O4S. The Hall–Kier alpha value is -1.09. The lowest BCUT2D eigenvalue weighted by atomic mass is 9.74. The number of methoxy groups -OCH3 is 1. The Balaban J connectivity index is 2.12. The van der Waals surface area contributed by atoms with E-state index in [0.717, 1.165) is 18.1 Å². The third-order valence-corrected chi connectivity index (χ3v) is 4.99. The van der Waals surface area contributed by atoms with Crippen LogP contribution in [-0.4, -0.2) is 69.3 Å². The topological polar surface area (TPSA) is 95.8 Å². The number of aryl methyl sites for hydroxylation is 1. The van der Waals surface area contributed by atoms with E-state index in [1.165, 1.54) is 0 Å². The average Bonchev–Trinajstić information content (AvgIpc) is 2.95. The molecule has 0 bridgehead atoms. The predicted octanol–water partition coefficient (Wildman–Crippen LogP) is 0.459. The molecule has 2 atom stereocenters. The molecule has 8 heteroatoms. The van der Waals surface area contributed by atoms with Crippen LogP contribution in [0.1, 0.15) is 35.4 Å². The Morgan fingerprint density at radius 2 is 2.32 bits per heavy atom. The second-order valence-electron chi connectivity index (χ2n) is 5.85. The fourth-order valence-electron chi connectivity index (χ4n) is 2.95. The number of amides is 1. The fourth-order valence-corrected chi connectivity index (χ4v) is 3.49. The molecule has 22 heavy (non-hydrogen) atoms. The van der Waals surface area contributed by atoms with Gasteiger partial charge in [-0.2, -0.15) is 8.75 Å². The Kier molecular flexibility index (Phi) is 5.85. The minimum atomic E-state index is -0.691. The first-order chi connectivity index (χ1) is 10.5. The number of hydrogen-bond acceptors (Lipinski definition) is 7. The summed E-state index contributed by atoms with van der Waals surface area (Å²) in [5, 5.41) is 20.2. The molecule has 0 unspecified atom stereocenters. The summed E-state index contributed by atoms with van der Waals surface area (Å²) in [6, 6.07) is 0. The number of rotatable bonds is 6. The number of hydrogen-bond donors (Lipinski definition) is 2. The molecule has 1 amide bonds. The zero-order chi connectivity index (χ0) is 16.2. The number of aromatic nitrogens is 2. The largest absolute Gasteiger partial charge is 0.396 e. The van der Waals surface area contributed by atoms with E-state index in [4.69, 9.17) is 4.74 Å². The van der Waals surface area contributed by atoms with Crippen molar-refractivity contribution in [3.63, 3.8) is 0 Å². The summed E-state index contributed by atoms with van der Waals surface area (Å²) in [6.07, 6.45) is 1.17. The highest BCUT2D eigenvalue weighted by molar-refractivity contribution is 6.99. The van der Waals surface area contributed by atoms with E-state index in [1.807, 2.05) is 0 Å². The average molecular weight is 329 g/mol. The quantitative estimate of drug-likeness (QED) is 0.736. The maximum Gasteiger partial charge on any atom is 0.275 e. The van der Waals surface area contributed by atoms with E-state index in [9.17, 15) is 15.0 Å². The van der Waals surface area contributed by atoms with Crippen LogP contribution in [0.4, 0.5) is 0 Å². The molecule has 1 aliphatic heterocycles. The van der Waals surface area contributed by atoms with Crippen molar-refractivity contribution in [2.75, 3.05) is 33.4 Å². The van der Waals surface area contributed by atoms with Gasteiger partial charge in [-0.3, -0.25) is 4.79 Å². The van der Waals surface area contributed by atoms with Crippen LogP contribution >= 0.6 is 11.7 Å². The van der Waals surface area contributed by atoms with E-state index < -0.39 is 11.5 Å². The molecule has 2 N–H and O–H groups in total. The number of nitrogens with zero attached hydrogens (tertiary/aromatic N) is 3. The molecule has 1 aliphatic rings. The highest BCUT2D eigenvalue weighted by Gasteiger charge is 2.43. The molecule has 0 aromatic carbocycles. The Morgan fingerprint density at radius 3 is 2.91 bits per heavy atom. The van der Waals surface area contributed by atoms with Crippen molar-refractivity contribution in [1.29, 1.82) is 0 Å². The smallest absolute Gasteiger partial charge is 0.275 e. The zero-order valence-electron chi connectivity index (χ0n) is 13.0. The van der Waals surface area contributed by atoms with Crippen molar-refractivity contribution in [2.24, 2.45) is 5.41 Å². The van der Waals surface area contributed by atoms with Gasteiger partial charge in [-0.25, -0.2) is 0 Å². The van der Waals surface area contributed by atoms with Gasteiger partial charge in [-0.05, 0) is 26.2 Å². The molecule has 0 spiro atoms. The summed E-state index contributed by atoms with van der Waals surface area (Å²) in [4.78, 5) is 14.2. The predicted molar refractivity (Wildman–Crippen MR) is 81.8 cm³/mol. The molecular weight excluding hydrogens is 306 g/mol. The zero-order valence-corrected chi connectivity index (χ0v) is 13.8. The van der Waals surface area contributed by atoms with Crippen LogP contribution in [-0.2, 0) is 4.74 Å². The second kappa shape index (κ2) is 7.45. The van der Waals surface area contributed by atoms with Crippen LogP contribution in [0.2, 0.25) is 0 Å². The van der Waals surface area contributed by atoms with E-state index in [1.54, 1.807) is 18.9 Å². The molecule has 0 aliphatic carbocycles. The van der Waals surface area contributed by atoms with Crippen LogP contribution in [0.3, 0.4) is 0 Å². The van der Waals surface area contributed by atoms with Crippen LogP contribution in [0.15, 0.2) is 0 Å². The van der Waals surface area contributed by atoms with Crippen molar-refractivity contribution >= 4 is 17.6 Å². The number of aliphatic hydroxyl groups is 2. The van der Waals surface area contributed by atoms with Gasteiger partial charge in [0.2, 0.25) is 0 Å². The number of aliphatic hydroxyl groups excluding tert-OH is 2. The first-order valence-electron chi connectivity index (χ1n) is 7.40. The van der Waals surface area contributed by atoms with E-state index >= 15 is 0 Å². The Labute approximate surface area is 134 Å². The molecule has 1 saturated heterocycles. The fraction of sp³-hybridized carbons (Fsp3) is 0.786. The van der Waals surface area contributed by atoms with E-state index in [-0.39, 0.29) is 12.5 Å². The minimum absolute atomic E-state index is 0.157. The molecule has 1 aromatic heterocycles. The number of piperidine rings is 1. The van der Waals surface area contributed by atoms with Gasteiger partial charge in [0.25, 0.3) is 5.91 Å². The SMILES string of the molecule is COCCC[C@@]1(CO)CN(C(=O)c2nsnc2C)CC[C@H]1O. The van der Waals surface area contributed by atoms with Crippen molar-refractivity contribution in [3.05, 3.63) is 11.4 Å². The molecule has 2 rings (SSSR count). The standard InChI is InChI=1S/C14H23N3O4S/c1-10-12(16-22-15-10)13(20)17-6-4-11(19)14(8-17,9-18)5-3-7-21-2/h11,18-19H,3-9H2,1-2H3/t11-,14+/m1/s1. The lowest BCUT2D eigenvalue weighted by Crippen LogP contribution is -2.55. The number of carbonyl (C=O) groups is 1. The summed E-state index contributed by atoms with van der Waals surface area (Å²) in [5.74, 6) is -0.178. The Bertz CT molecular complexity index is 510. The van der Waals surface area contributed by atoms with Gasteiger partial charge in [-0.15, -0.1) is 0 Å². The molecule has 124 valence electrons. The van der Waals surface area contributed by atoms with Crippen molar-refractivity contribution < 1.29 is 19.7 Å². The van der Waals surface area contributed by atoms with Crippen LogP contribution in [0.5, 0.6) is 0 Å². The monoisotopic (exact) mass is 329 g/mol. The highest BCUT2D eigenvalue weighted by atomic mass is 32.1. The van der Waals surface area contributed by atoms with Gasteiger partial charge < -0.3 is 19.8 Å². The van der Waals surface area contributed by atoms with Gasteiger partial charge in [-0.1, -0.05) is 0 Å². The summed E-state index contributed by atoms with van der Waals surface area (Å²) in [6.45, 7) is 2.95. The molecule has 2 heterocycles. The Morgan fingerprint density at radius 1 is 1.55 bits per heavy atom. The summed E-state index contributed by atoms with van der Waals surface area (Å²) >= 11 is 1.02. The first kappa shape index (κ1) is 17.3. The van der Waals surface area contributed by atoms with Gasteiger partial charge in [0.1, 0.15) is 0 Å². The minimum Gasteiger partial charge on any atom is -0.396 e. The van der Waals surface area contributed by atoms with Gasteiger partial charge in [0, 0.05) is 32.2 Å². The van der Waals surface area contributed by atoms with Crippen LogP contribution < -0.4 is 0 Å².